The average molecular weight is 411 g/mol. The van der Waals surface area contributed by atoms with E-state index in [0.717, 1.165) is 37.2 Å². The van der Waals surface area contributed by atoms with Crippen molar-refractivity contribution < 1.29 is 14.2 Å². The van der Waals surface area contributed by atoms with Crippen LogP contribution in [0.3, 0.4) is 0 Å². The Bertz CT molecular complexity index is 821. The molecule has 0 amide bonds. The number of hydrogen-bond donors (Lipinski definition) is 0. The lowest BCUT2D eigenvalue weighted by molar-refractivity contribution is -0.258. The highest BCUT2D eigenvalue weighted by molar-refractivity contribution is 5.39. The van der Waals surface area contributed by atoms with Crippen molar-refractivity contribution in [1.29, 1.82) is 0 Å². The summed E-state index contributed by atoms with van der Waals surface area (Å²) in [5, 5.41) is 0. The zero-order chi connectivity index (χ0) is 20.8. The van der Waals surface area contributed by atoms with Gasteiger partial charge in [-0.3, -0.25) is 0 Å². The topological polar surface area (TPSA) is 27.7 Å². The number of rotatable bonds is 3. The third-order valence-electron chi connectivity index (χ3n) is 11.2. The molecule has 164 valence electrons. The fourth-order valence-corrected chi connectivity index (χ4v) is 9.90. The van der Waals surface area contributed by atoms with E-state index in [-0.39, 0.29) is 11.2 Å². The van der Waals surface area contributed by atoms with Crippen LogP contribution in [-0.2, 0) is 14.2 Å². The Morgan fingerprint density at radius 3 is 2.47 bits per heavy atom. The molecular weight excluding hydrogens is 372 g/mol. The average Bonchev–Trinajstić information content (AvgIpc) is 3.41. The Hall–Kier alpha value is -1.06. The van der Waals surface area contributed by atoms with E-state index in [2.05, 4.69) is 32.6 Å². The third-order valence-corrected chi connectivity index (χ3v) is 11.2. The minimum absolute atomic E-state index is 0.198. The van der Waals surface area contributed by atoms with Gasteiger partial charge in [-0.05, 0) is 87.0 Å². The SMILES string of the molecule is C=C[C@H]1C=C(OC)CC2=C1[C@H]1CC[C@@]3(C)C4(CCC3(C3(C)OCCO3)CC4)[C@@H]1CC2. The molecule has 1 heterocycles. The molecule has 30 heavy (non-hydrogen) atoms. The first-order valence-electron chi connectivity index (χ1n) is 12.3. The van der Waals surface area contributed by atoms with Gasteiger partial charge in [-0.2, -0.15) is 0 Å². The van der Waals surface area contributed by atoms with Crippen LogP contribution in [0, 0.1) is 34.0 Å². The molecule has 0 unspecified atom stereocenters. The summed E-state index contributed by atoms with van der Waals surface area (Å²) >= 11 is 0. The predicted molar refractivity (Wildman–Crippen MR) is 118 cm³/mol. The van der Waals surface area contributed by atoms with Gasteiger partial charge < -0.3 is 14.2 Å². The van der Waals surface area contributed by atoms with Crippen LogP contribution in [0.2, 0.25) is 0 Å². The van der Waals surface area contributed by atoms with Crippen LogP contribution in [0.15, 0.2) is 35.6 Å². The second-order valence-electron chi connectivity index (χ2n) is 11.3. The van der Waals surface area contributed by atoms with Crippen LogP contribution < -0.4 is 0 Å². The fraction of sp³-hybridized carbons (Fsp3) is 0.778. The van der Waals surface area contributed by atoms with Gasteiger partial charge in [0.25, 0.3) is 0 Å². The molecule has 5 aliphatic carbocycles. The monoisotopic (exact) mass is 410 g/mol. The van der Waals surface area contributed by atoms with Crippen molar-refractivity contribution in [2.75, 3.05) is 20.3 Å². The quantitative estimate of drug-likeness (QED) is 0.521. The molecule has 1 saturated heterocycles. The Kier molecular flexibility index (Phi) is 4.09. The summed E-state index contributed by atoms with van der Waals surface area (Å²) in [7, 11) is 1.82. The minimum atomic E-state index is -0.378. The van der Waals surface area contributed by atoms with Gasteiger partial charge in [-0.15, -0.1) is 6.58 Å². The Morgan fingerprint density at radius 2 is 1.80 bits per heavy atom. The standard InChI is InChI=1S/C27H38O3/c1-5-18-16-20(28-4)17-19-6-7-22-21(23(18)19)8-9-24(2)26(22)10-12-27(24,13-11-26)25(3)29-14-15-30-25/h5,16,18,21-22H,1,6-15,17H2,2-4H3/t18-,21-,22+,24-,26?,27?/m0/s1. The maximum absolute atomic E-state index is 6.37. The molecule has 3 saturated carbocycles. The van der Waals surface area contributed by atoms with Crippen LogP contribution >= 0.6 is 0 Å². The van der Waals surface area contributed by atoms with Crippen LogP contribution in [0.1, 0.15) is 71.6 Å². The summed E-state index contributed by atoms with van der Waals surface area (Å²) in [6.45, 7) is 10.6. The molecule has 4 fully saturated rings. The summed E-state index contributed by atoms with van der Waals surface area (Å²) in [4.78, 5) is 0. The zero-order valence-electron chi connectivity index (χ0n) is 19.1. The fourth-order valence-electron chi connectivity index (χ4n) is 9.90. The van der Waals surface area contributed by atoms with Crippen LogP contribution in [0.5, 0.6) is 0 Å². The van der Waals surface area contributed by atoms with Crippen molar-refractivity contribution in [3.63, 3.8) is 0 Å². The minimum Gasteiger partial charge on any atom is -0.501 e. The van der Waals surface area contributed by atoms with Gasteiger partial charge in [0.2, 0.25) is 0 Å². The second-order valence-corrected chi connectivity index (χ2v) is 11.3. The molecule has 1 aliphatic heterocycles. The molecule has 2 bridgehead atoms. The van der Waals surface area contributed by atoms with Crippen LogP contribution in [-0.4, -0.2) is 26.1 Å². The molecule has 0 aromatic heterocycles. The van der Waals surface area contributed by atoms with Gasteiger partial charge in [0.1, 0.15) is 0 Å². The van der Waals surface area contributed by atoms with Crippen molar-refractivity contribution in [3.8, 4) is 0 Å². The van der Waals surface area contributed by atoms with E-state index < -0.39 is 0 Å². The molecular formula is C27H38O3. The van der Waals surface area contributed by atoms with E-state index in [4.69, 9.17) is 14.2 Å². The normalized spacial score (nSPS) is 48.6. The molecule has 0 N–H and O–H groups in total. The van der Waals surface area contributed by atoms with E-state index >= 15 is 0 Å². The molecule has 3 heteroatoms. The van der Waals surface area contributed by atoms with E-state index in [1.165, 1.54) is 51.4 Å². The smallest absolute Gasteiger partial charge is 0.171 e. The van der Waals surface area contributed by atoms with Crippen molar-refractivity contribution in [3.05, 3.63) is 35.6 Å². The summed E-state index contributed by atoms with van der Waals surface area (Å²) in [5.74, 6) is 2.66. The van der Waals surface area contributed by atoms with Gasteiger partial charge >= 0.3 is 0 Å². The number of hydrogen-bond acceptors (Lipinski definition) is 3. The van der Waals surface area contributed by atoms with E-state index in [1.807, 2.05) is 7.11 Å². The first-order chi connectivity index (χ1) is 14.4. The molecule has 0 radical (unpaired) electrons. The van der Waals surface area contributed by atoms with Gasteiger partial charge in [0.15, 0.2) is 5.79 Å². The number of allylic oxidation sites excluding steroid dienone is 4. The number of ether oxygens (including phenoxy) is 3. The molecule has 6 rings (SSSR count). The lowest BCUT2D eigenvalue weighted by Gasteiger charge is -2.60. The van der Waals surface area contributed by atoms with Gasteiger partial charge in [-0.25, -0.2) is 0 Å². The summed E-state index contributed by atoms with van der Waals surface area (Å²) in [6, 6.07) is 0. The van der Waals surface area contributed by atoms with E-state index in [9.17, 15) is 0 Å². The predicted octanol–water partition coefficient (Wildman–Crippen LogP) is 6.17. The van der Waals surface area contributed by atoms with Crippen molar-refractivity contribution in [1.82, 2.24) is 0 Å². The first-order valence-corrected chi connectivity index (χ1v) is 12.3. The Balaban J connectivity index is 1.40. The largest absolute Gasteiger partial charge is 0.501 e. The molecule has 3 nitrogen and oxygen atoms in total. The molecule has 4 atom stereocenters. The van der Waals surface area contributed by atoms with Crippen molar-refractivity contribution in [2.24, 2.45) is 34.0 Å². The first kappa shape index (κ1) is 19.6. The van der Waals surface area contributed by atoms with Crippen molar-refractivity contribution in [2.45, 2.75) is 77.4 Å². The Morgan fingerprint density at radius 1 is 1.07 bits per heavy atom. The van der Waals surface area contributed by atoms with E-state index in [0.29, 0.717) is 16.7 Å². The van der Waals surface area contributed by atoms with Gasteiger partial charge in [-0.1, -0.05) is 24.1 Å². The summed E-state index contributed by atoms with van der Waals surface area (Å²) in [5.41, 5.74) is 4.39. The lowest BCUT2D eigenvalue weighted by Crippen LogP contribution is -2.57. The summed E-state index contributed by atoms with van der Waals surface area (Å²) < 4.78 is 18.4. The summed E-state index contributed by atoms with van der Waals surface area (Å²) in [6.07, 6.45) is 16.1. The van der Waals surface area contributed by atoms with Crippen LogP contribution in [0.4, 0.5) is 0 Å². The highest BCUT2D eigenvalue weighted by Gasteiger charge is 2.78. The Labute approximate surface area is 181 Å². The number of fused-ring (bicyclic) bond motifs is 2. The highest BCUT2D eigenvalue weighted by Crippen LogP contribution is 2.83. The molecule has 0 aromatic rings. The van der Waals surface area contributed by atoms with Gasteiger partial charge in [0.05, 0.1) is 26.1 Å². The van der Waals surface area contributed by atoms with Crippen molar-refractivity contribution >= 4 is 0 Å². The van der Waals surface area contributed by atoms with Gasteiger partial charge in [0, 0.05) is 17.8 Å². The molecule has 0 aromatic carbocycles. The highest BCUT2D eigenvalue weighted by atomic mass is 16.7. The molecule has 0 spiro atoms. The maximum Gasteiger partial charge on any atom is 0.171 e. The van der Waals surface area contributed by atoms with E-state index in [1.54, 1.807) is 11.1 Å². The number of methoxy groups -OCH3 is 1. The maximum atomic E-state index is 6.37. The lowest BCUT2D eigenvalue weighted by atomic mass is 9.45. The second kappa shape index (κ2) is 6.25. The zero-order valence-corrected chi connectivity index (χ0v) is 19.1. The third kappa shape index (κ3) is 2.05. The molecule has 6 aliphatic rings. The van der Waals surface area contributed by atoms with Crippen LogP contribution in [0.25, 0.3) is 0 Å².